The lowest BCUT2D eigenvalue weighted by Crippen LogP contribution is -2.11. The number of hydrogen-bond acceptors (Lipinski definition) is 4. The van der Waals surface area contributed by atoms with E-state index in [-0.39, 0.29) is 12.3 Å². The van der Waals surface area contributed by atoms with E-state index in [9.17, 15) is 0 Å². The van der Waals surface area contributed by atoms with Gasteiger partial charge in [-0.05, 0) is 32.6 Å². The van der Waals surface area contributed by atoms with Gasteiger partial charge >= 0.3 is 0 Å². The van der Waals surface area contributed by atoms with Crippen molar-refractivity contribution in [3.05, 3.63) is 11.6 Å². The number of nitrogens with zero attached hydrogens (tertiary/aromatic N) is 3. The van der Waals surface area contributed by atoms with Crippen molar-refractivity contribution in [3.63, 3.8) is 0 Å². The van der Waals surface area contributed by atoms with Gasteiger partial charge in [0, 0.05) is 13.2 Å². The molecule has 88 valence electrons. The normalized spacial score (nSPS) is 30.1. The van der Waals surface area contributed by atoms with Crippen molar-refractivity contribution in [3.8, 4) is 0 Å². The number of hydrogen-bond donors (Lipinski definition) is 0. The minimum absolute atomic E-state index is 0.0858. The highest BCUT2D eigenvalue weighted by Gasteiger charge is 2.26. The quantitative estimate of drug-likeness (QED) is 0.766. The topological polar surface area (TPSA) is 49.2 Å². The molecule has 0 saturated carbocycles. The van der Waals surface area contributed by atoms with Crippen molar-refractivity contribution in [1.29, 1.82) is 0 Å². The highest BCUT2D eigenvalue weighted by Crippen LogP contribution is 2.28. The van der Waals surface area contributed by atoms with Crippen molar-refractivity contribution in [2.45, 2.75) is 44.9 Å². The maximum atomic E-state index is 5.62. The summed E-state index contributed by atoms with van der Waals surface area (Å²) in [7, 11) is 0. The van der Waals surface area contributed by atoms with Gasteiger partial charge in [0.05, 0.1) is 0 Å². The average molecular weight is 223 g/mol. The SMILES string of the molecule is Cc1nc(C2CCCO2)nn1C1CCCO1. The number of rotatable bonds is 2. The van der Waals surface area contributed by atoms with Gasteiger partial charge in [-0.15, -0.1) is 0 Å². The summed E-state index contributed by atoms with van der Waals surface area (Å²) in [6, 6.07) is 0. The third-order valence-corrected chi connectivity index (χ3v) is 3.21. The summed E-state index contributed by atoms with van der Waals surface area (Å²) in [5, 5.41) is 4.53. The molecule has 2 unspecified atom stereocenters. The first kappa shape index (κ1) is 10.2. The summed E-state index contributed by atoms with van der Waals surface area (Å²) in [6.45, 7) is 3.64. The Labute approximate surface area is 94.8 Å². The summed E-state index contributed by atoms with van der Waals surface area (Å²) in [6.07, 6.45) is 4.48. The molecule has 1 aromatic rings. The second-order valence-corrected chi connectivity index (χ2v) is 4.43. The van der Waals surface area contributed by atoms with Gasteiger partial charge in [-0.3, -0.25) is 0 Å². The minimum atomic E-state index is 0.0858. The van der Waals surface area contributed by atoms with Gasteiger partial charge in [0.2, 0.25) is 0 Å². The Hall–Kier alpha value is -0.940. The zero-order chi connectivity index (χ0) is 11.0. The van der Waals surface area contributed by atoms with Gasteiger partial charge in [0.25, 0.3) is 0 Å². The Morgan fingerprint density at radius 2 is 2.00 bits per heavy atom. The largest absolute Gasteiger partial charge is 0.370 e. The number of aryl methyl sites for hydroxylation is 1. The molecule has 3 rings (SSSR count). The first-order chi connectivity index (χ1) is 7.84. The lowest BCUT2D eigenvalue weighted by Gasteiger charge is -2.10. The van der Waals surface area contributed by atoms with E-state index in [2.05, 4.69) is 10.1 Å². The van der Waals surface area contributed by atoms with Crippen molar-refractivity contribution >= 4 is 0 Å². The second kappa shape index (κ2) is 4.14. The average Bonchev–Trinajstić information content (AvgIpc) is 2.97. The first-order valence-corrected chi connectivity index (χ1v) is 6.01. The highest BCUT2D eigenvalue weighted by molar-refractivity contribution is 4.97. The van der Waals surface area contributed by atoms with Crippen LogP contribution < -0.4 is 0 Å². The summed E-state index contributed by atoms with van der Waals surface area (Å²) < 4.78 is 13.1. The highest BCUT2D eigenvalue weighted by atomic mass is 16.5. The van der Waals surface area contributed by atoms with E-state index >= 15 is 0 Å². The second-order valence-electron chi connectivity index (χ2n) is 4.43. The molecule has 0 aromatic carbocycles. The monoisotopic (exact) mass is 223 g/mol. The van der Waals surface area contributed by atoms with Crippen LogP contribution in [0.25, 0.3) is 0 Å². The van der Waals surface area contributed by atoms with Crippen molar-refractivity contribution in [2.24, 2.45) is 0 Å². The molecule has 0 spiro atoms. The molecule has 2 fully saturated rings. The predicted octanol–water partition coefficient (Wildman–Crippen LogP) is 1.75. The van der Waals surface area contributed by atoms with E-state index in [1.165, 1.54) is 0 Å². The maximum absolute atomic E-state index is 5.62. The van der Waals surface area contributed by atoms with E-state index in [1.54, 1.807) is 0 Å². The number of ether oxygens (including phenoxy) is 2. The fourth-order valence-electron chi connectivity index (χ4n) is 2.37. The molecule has 0 amide bonds. The summed E-state index contributed by atoms with van der Waals surface area (Å²) >= 11 is 0. The molecule has 0 aliphatic carbocycles. The van der Waals surface area contributed by atoms with Gasteiger partial charge in [-0.1, -0.05) is 0 Å². The van der Waals surface area contributed by atoms with Crippen LogP contribution >= 0.6 is 0 Å². The molecule has 2 aliphatic heterocycles. The van der Waals surface area contributed by atoms with Gasteiger partial charge in [-0.25, -0.2) is 9.67 Å². The fourth-order valence-corrected chi connectivity index (χ4v) is 2.37. The Morgan fingerprint density at radius 3 is 2.69 bits per heavy atom. The van der Waals surface area contributed by atoms with Crippen LogP contribution in [-0.2, 0) is 9.47 Å². The molecular formula is C11H17N3O2. The van der Waals surface area contributed by atoms with Gasteiger partial charge in [0.15, 0.2) is 12.1 Å². The van der Waals surface area contributed by atoms with E-state index in [0.29, 0.717) is 0 Å². The van der Waals surface area contributed by atoms with Crippen LogP contribution in [0.2, 0.25) is 0 Å². The summed E-state index contributed by atoms with van der Waals surface area (Å²) in [4.78, 5) is 4.48. The maximum Gasteiger partial charge on any atom is 0.179 e. The van der Waals surface area contributed by atoms with Crippen LogP contribution in [-0.4, -0.2) is 28.0 Å². The summed E-state index contributed by atoms with van der Waals surface area (Å²) in [5.41, 5.74) is 0. The van der Waals surface area contributed by atoms with Crippen LogP contribution in [0.15, 0.2) is 0 Å². The Morgan fingerprint density at radius 1 is 1.19 bits per heavy atom. The zero-order valence-corrected chi connectivity index (χ0v) is 9.56. The minimum Gasteiger partial charge on any atom is -0.370 e. The molecule has 2 atom stereocenters. The van der Waals surface area contributed by atoms with Gasteiger partial charge in [0.1, 0.15) is 11.9 Å². The molecule has 2 aliphatic rings. The molecule has 0 radical (unpaired) electrons. The molecule has 0 bridgehead atoms. The molecule has 1 aromatic heterocycles. The third kappa shape index (κ3) is 1.74. The smallest absolute Gasteiger partial charge is 0.179 e. The van der Waals surface area contributed by atoms with E-state index < -0.39 is 0 Å². The van der Waals surface area contributed by atoms with Crippen LogP contribution in [0.5, 0.6) is 0 Å². The predicted molar refractivity (Wildman–Crippen MR) is 56.9 cm³/mol. The van der Waals surface area contributed by atoms with Crippen LogP contribution in [0.4, 0.5) is 0 Å². The van der Waals surface area contributed by atoms with Crippen LogP contribution in [0.1, 0.15) is 49.7 Å². The third-order valence-electron chi connectivity index (χ3n) is 3.21. The van der Waals surface area contributed by atoms with Crippen molar-refractivity contribution < 1.29 is 9.47 Å². The lowest BCUT2D eigenvalue weighted by atomic mass is 10.2. The zero-order valence-electron chi connectivity index (χ0n) is 9.56. The molecule has 16 heavy (non-hydrogen) atoms. The van der Waals surface area contributed by atoms with Gasteiger partial charge in [-0.2, -0.15) is 5.10 Å². The van der Waals surface area contributed by atoms with E-state index in [4.69, 9.17) is 9.47 Å². The van der Waals surface area contributed by atoms with E-state index in [1.807, 2.05) is 11.6 Å². The van der Waals surface area contributed by atoms with Gasteiger partial charge < -0.3 is 9.47 Å². The van der Waals surface area contributed by atoms with Crippen LogP contribution in [0, 0.1) is 6.92 Å². The molecular weight excluding hydrogens is 206 g/mol. The number of aromatic nitrogens is 3. The molecule has 5 heteroatoms. The lowest BCUT2D eigenvalue weighted by molar-refractivity contribution is 0.0430. The Kier molecular flexibility index (Phi) is 2.65. The molecule has 3 heterocycles. The standard InChI is InChI=1S/C11H17N3O2/c1-8-12-11(9-4-2-6-15-9)13-14(8)10-5-3-7-16-10/h9-10H,2-7H2,1H3. The summed E-state index contributed by atoms with van der Waals surface area (Å²) in [5.74, 6) is 1.75. The van der Waals surface area contributed by atoms with Crippen LogP contribution in [0.3, 0.4) is 0 Å². The van der Waals surface area contributed by atoms with Crippen molar-refractivity contribution in [1.82, 2.24) is 14.8 Å². The van der Waals surface area contributed by atoms with E-state index in [0.717, 1.165) is 50.5 Å². The first-order valence-electron chi connectivity index (χ1n) is 6.01. The molecule has 5 nitrogen and oxygen atoms in total. The Bertz CT molecular complexity index is 365. The molecule has 2 saturated heterocycles. The fraction of sp³-hybridized carbons (Fsp3) is 0.818. The van der Waals surface area contributed by atoms with Crippen molar-refractivity contribution in [2.75, 3.05) is 13.2 Å². The molecule has 0 N–H and O–H groups in total. The Balaban J connectivity index is 1.83.